The summed E-state index contributed by atoms with van der Waals surface area (Å²) in [6, 6.07) is 8.66. The normalized spacial score (nSPS) is 25.7. The molecule has 1 saturated heterocycles. The summed E-state index contributed by atoms with van der Waals surface area (Å²) in [6.45, 7) is 4.27. The molecule has 1 heterocycles. The Labute approximate surface area is 157 Å². The van der Waals surface area contributed by atoms with E-state index in [-0.39, 0.29) is 5.41 Å². The van der Waals surface area contributed by atoms with Gasteiger partial charge in [0.05, 0.1) is 19.3 Å². The third kappa shape index (κ3) is 4.77. The summed E-state index contributed by atoms with van der Waals surface area (Å²) in [6.07, 6.45) is 6.29. The lowest BCUT2D eigenvalue weighted by molar-refractivity contribution is -0.0355. The van der Waals surface area contributed by atoms with Crippen LogP contribution in [0.1, 0.15) is 37.7 Å². The van der Waals surface area contributed by atoms with Gasteiger partial charge in [0, 0.05) is 45.3 Å². The molecule has 2 atom stereocenters. The highest BCUT2D eigenvalue weighted by atomic mass is 16.5. The molecule has 5 heteroatoms. The average molecular weight is 363 g/mol. The van der Waals surface area contributed by atoms with E-state index in [0.29, 0.717) is 25.3 Å². The minimum absolute atomic E-state index is 0.268. The van der Waals surface area contributed by atoms with E-state index in [0.717, 1.165) is 43.9 Å². The molecule has 2 aliphatic rings. The lowest BCUT2D eigenvalue weighted by atomic mass is 9.68. The first-order valence-electron chi connectivity index (χ1n) is 9.85. The van der Waals surface area contributed by atoms with Crippen LogP contribution in [0.4, 0.5) is 0 Å². The van der Waals surface area contributed by atoms with Crippen LogP contribution in [-0.2, 0) is 16.1 Å². The van der Waals surface area contributed by atoms with E-state index in [1.807, 2.05) is 19.2 Å². The van der Waals surface area contributed by atoms with E-state index < -0.39 is 0 Å². The number of hydrogen-bond acceptors (Lipinski definition) is 5. The van der Waals surface area contributed by atoms with Crippen molar-refractivity contribution in [1.82, 2.24) is 4.90 Å². The molecular formula is C21H34N2O3. The topological polar surface area (TPSA) is 57.0 Å². The van der Waals surface area contributed by atoms with Gasteiger partial charge in [0.1, 0.15) is 5.75 Å². The van der Waals surface area contributed by atoms with E-state index in [1.165, 1.54) is 19.3 Å². The van der Waals surface area contributed by atoms with Crippen molar-refractivity contribution in [2.24, 2.45) is 11.1 Å². The molecule has 1 aliphatic heterocycles. The third-order valence-corrected chi connectivity index (χ3v) is 6.10. The Morgan fingerprint density at radius 1 is 1.27 bits per heavy atom. The second-order valence-electron chi connectivity index (χ2n) is 7.96. The summed E-state index contributed by atoms with van der Waals surface area (Å²) in [4.78, 5) is 2.58. The molecule has 1 aromatic rings. The average Bonchev–Trinajstić information content (AvgIpc) is 2.64. The molecule has 1 aromatic carbocycles. The zero-order valence-corrected chi connectivity index (χ0v) is 16.3. The summed E-state index contributed by atoms with van der Waals surface area (Å²) in [5.41, 5.74) is 7.48. The van der Waals surface area contributed by atoms with Crippen LogP contribution in [0.15, 0.2) is 24.3 Å². The van der Waals surface area contributed by atoms with Gasteiger partial charge in [-0.2, -0.15) is 0 Å². The molecule has 1 aliphatic carbocycles. The van der Waals surface area contributed by atoms with E-state index >= 15 is 0 Å². The minimum Gasteiger partial charge on any atom is -0.493 e. The van der Waals surface area contributed by atoms with Crippen LogP contribution < -0.4 is 10.5 Å². The van der Waals surface area contributed by atoms with Gasteiger partial charge in [-0.1, -0.05) is 18.6 Å². The van der Waals surface area contributed by atoms with Crippen molar-refractivity contribution in [3.8, 4) is 5.75 Å². The summed E-state index contributed by atoms with van der Waals surface area (Å²) < 4.78 is 17.0. The summed E-state index contributed by atoms with van der Waals surface area (Å²) >= 11 is 0. The molecular weight excluding hydrogens is 328 g/mol. The second kappa shape index (κ2) is 9.18. The fraction of sp³-hybridized carbons (Fsp3) is 0.714. The second-order valence-corrected chi connectivity index (χ2v) is 7.96. The highest BCUT2D eigenvalue weighted by Gasteiger charge is 2.41. The number of rotatable bonds is 9. The molecule has 1 saturated carbocycles. The van der Waals surface area contributed by atoms with Gasteiger partial charge >= 0.3 is 0 Å². The van der Waals surface area contributed by atoms with E-state index in [2.05, 4.69) is 17.0 Å². The molecule has 2 unspecified atom stereocenters. The van der Waals surface area contributed by atoms with Crippen molar-refractivity contribution < 1.29 is 14.2 Å². The predicted octanol–water partition coefficient (Wildman–Crippen LogP) is 2.82. The van der Waals surface area contributed by atoms with Gasteiger partial charge in [-0.15, -0.1) is 0 Å². The number of piperidine rings is 1. The van der Waals surface area contributed by atoms with Crippen molar-refractivity contribution in [3.05, 3.63) is 29.8 Å². The Kier molecular flexibility index (Phi) is 6.92. The lowest BCUT2D eigenvalue weighted by Crippen LogP contribution is -2.55. The smallest absolute Gasteiger partial charge is 0.119 e. The molecule has 0 spiro atoms. The number of hydrogen-bond donors (Lipinski definition) is 1. The Morgan fingerprint density at radius 2 is 2.12 bits per heavy atom. The Bertz CT molecular complexity index is 562. The van der Waals surface area contributed by atoms with Crippen LogP contribution in [0.2, 0.25) is 0 Å². The standard InChI is InChI=1S/C21H34N2O3/c1-24-14-17-5-3-6-20(11-17)26-16-21(8-4-9-21)15-23-10-7-19(25-2)12-18(23)13-22/h3,5-6,11,18-19H,4,7-10,12-16,22H2,1-2H3. The van der Waals surface area contributed by atoms with E-state index in [1.54, 1.807) is 7.11 Å². The molecule has 26 heavy (non-hydrogen) atoms. The lowest BCUT2D eigenvalue weighted by Gasteiger charge is -2.48. The van der Waals surface area contributed by atoms with Crippen molar-refractivity contribution >= 4 is 0 Å². The summed E-state index contributed by atoms with van der Waals surface area (Å²) in [5, 5.41) is 0. The van der Waals surface area contributed by atoms with Crippen LogP contribution in [-0.4, -0.2) is 57.5 Å². The Balaban J connectivity index is 1.58. The minimum atomic E-state index is 0.268. The van der Waals surface area contributed by atoms with Crippen LogP contribution in [0.5, 0.6) is 5.75 Å². The largest absolute Gasteiger partial charge is 0.493 e. The number of likely N-dealkylation sites (tertiary alicyclic amines) is 1. The zero-order chi connectivity index (χ0) is 18.4. The first-order valence-corrected chi connectivity index (χ1v) is 9.85. The van der Waals surface area contributed by atoms with Gasteiger partial charge in [-0.05, 0) is 43.4 Å². The molecule has 0 bridgehead atoms. The number of nitrogens with two attached hydrogens (primary N) is 1. The summed E-state index contributed by atoms with van der Waals surface area (Å²) in [7, 11) is 3.53. The number of methoxy groups -OCH3 is 2. The van der Waals surface area contributed by atoms with Crippen molar-refractivity contribution in [2.45, 2.75) is 50.9 Å². The summed E-state index contributed by atoms with van der Waals surface area (Å²) in [5.74, 6) is 0.944. The molecule has 146 valence electrons. The Morgan fingerprint density at radius 3 is 2.77 bits per heavy atom. The van der Waals surface area contributed by atoms with Gasteiger partial charge in [0.15, 0.2) is 0 Å². The molecule has 2 N–H and O–H groups in total. The van der Waals surface area contributed by atoms with Crippen LogP contribution in [0.25, 0.3) is 0 Å². The fourth-order valence-electron chi connectivity index (χ4n) is 4.31. The van der Waals surface area contributed by atoms with Crippen molar-refractivity contribution in [2.75, 3.05) is 40.5 Å². The van der Waals surface area contributed by atoms with E-state index in [4.69, 9.17) is 19.9 Å². The monoisotopic (exact) mass is 362 g/mol. The molecule has 0 radical (unpaired) electrons. The molecule has 2 fully saturated rings. The molecule has 5 nitrogen and oxygen atoms in total. The van der Waals surface area contributed by atoms with Crippen LogP contribution in [0.3, 0.4) is 0 Å². The van der Waals surface area contributed by atoms with Gasteiger partial charge in [-0.3, -0.25) is 4.90 Å². The highest BCUT2D eigenvalue weighted by Crippen LogP contribution is 2.43. The van der Waals surface area contributed by atoms with Gasteiger partial charge < -0.3 is 19.9 Å². The maximum Gasteiger partial charge on any atom is 0.119 e. The van der Waals surface area contributed by atoms with Crippen LogP contribution in [0, 0.1) is 5.41 Å². The van der Waals surface area contributed by atoms with Gasteiger partial charge in [-0.25, -0.2) is 0 Å². The quantitative estimate of drug-likeness (QED) is 0.732. The maximum absolute atomic E-state index is 6.21. The van der Waals surface area contributed by atoms with Gasteiger partial charge in [0.2, 0.25) is 0 Å². The van der Waals surface area contributed by atoms with Gasteiger partial charge in [0.25, 0.3) is 0 Å². The highest BCUT2D eigenvalue weighted by molar-refractivity contribution is 5.28. The fourth-order valence-corrected chi connectivity index (χ4v) is 4.31. The Hall–Kier alpha value is -1.14. The molecule has 0 aromatic heterocycles. The number of nitrogens with zero attached hydrogens (tertiary/aromatic N) is 1. The predicted molar refractivity (Wildman–Crippen MR) is 103 cm³/mol. The molecule has 3 rings (SSSR count). The first kappa shape index (κ1) is 19.6. The van der Waals surface area contributed by atoms with Crippen molar-refractivity contribution in [1.29, 1.82) is 0 Å². The van der Waals surface area contributed by atoms with Crippen LogP contribution >= 0.6 is 0 Å². The first-order chi connectivity index (χ1) is 12.7. The third-order valence-electron chi connectivity index (χ3n) is 6.10. The SMILES string of the molecule is COCc1cccc(OCC2(CN3CCC(OC)CC3CN)CCC2)c1. The van der Waals surface area contributed by atoms with E-state index in [9.17, 15) is 0 Å². The number of benzene rings is 1. The molecule has 0 amide bonds. The zero-order valence-electron chi connectivity index (χ0n) is 16.3. The number of ether oxygens (including phenoxy) is 3. The van der Waals surface area contributed by atoms with Crippen molar-refractivity contribution in [3.63, 3.8) is 0 Å². The maximum atomic E-state index is 6.21.